The number of aryl methyl sites for hydroxylation is 1. The lowest BCUT2D eigenvalue weighted by molar-refractivity contribution is 0.0695. The van der Waals surface area contributed by atoms with Gasteiger partial charge in [0.05, 0.1) is 31.2 Å². The van der Waals surface area contributed by atoms with E-state index in [1.165, 1.54) is 6.07 Å². The zero-order valence-corrected chi connectivity index (χ0v) is 12.0. The number of nitrogens with one attached hydrogen (secondary N) is 1. The van der Waals surface area contributed by atoms with Crippen molar-refractivity contribution in [1.82, 2.24) is 4.98 Å². The van der Waals surface area contributed by atoms with Gasteiger partial charge in [-0.05, 0) is 31.2 Å². The third-order valence-corrected chi connectivity index (χ3v) is 2.99. The van der Waals surface area contributed by atoms with Crippen LogP contribution in [0.5, 0.6) is 11.5 Å². The highest BCUT2D eigenvalue weighted by atomic mass is 16.5. The van der Waals surface area contributed by atoms with Gasteiger partial charge in [-0.3, -0.25) is 0 Å². The normalized spacial score (nSPS) is 10.0. The summed E-state index contributed by atoms with van der Waals surface area (Å²) < 4.78 is 10.4. The van der Waals surface area contributed by atoms with E-state index in [1.807, 2.05) is 0 Å². The lowest BCUT2D eigenvalue weighted by atomic mass is 10.2. The number of aromatic nitrogens is 1. The maximum absolute atomic E-state index is 11.0. The van der Waals surface area contributed by atoms with E-state index in [-0.39, 0.29) is 5.56 Å². The van der Waals surface area contributed by atoms with Gasteiger partial charge in [0.1, 0.15) is 17.3 Å². The summed E-state index contributed by atoms with van der Waals surface area (Å²) in [7, 11) is 3.14. The molecule has 0 bridgehead atoms. The third kappa shape index (κ3) is 3.22. The molecule has 0 saturated heterocycles. The molecule has 0 unspecified atom stereocenters. The van der Waals surface area contributed by atoms with Gasteiger partial charge < -0.3 is 19.9 Å². The zero-order valence-electron chi connectivity index (χ0n) is 12.0. The molecule has 1 aromatic carbocycles. The molecular formula is C15H16N2O4. The molecule has 2 rings (SSSR count). The van der Waals surface area contributed by atoms with Gasteiger partial charge in [0.15, 0.2) is 0 Å². The Morgan fingerprint density at radius 2 is 1.95 bits per heavy atom. The number of aromatic carboxylic acids is 1. The summed E-state index contributed by atoms with van der Waals surface area (Å²) in [6.07, 6.45) is 0. The standard InChI is InChI=1S/C15H16N2O4/c1-9-11(15(18)19)5-7-14(16-9)17-12-6-4-10(20-2)8-13(12)21-3/h4-8H,1-3H3,(H,16,17)(H,18,19). The van der Waals surface area contributed by atoms with Crippen molar-refractivity contribution in [3.05, 3.63) is 41.6 Å². The van der Waals surface area contributed by atoms with E-state index in [0.29, 0.717) is 28.7 Å². The average molecular weight is 288 g/mol. The van der Waals surface area contributed by atoms with Gasteiger partial charge in [0.2, 0.25) is 0 Å². The lowest BCUT2D eigenvalue weighted by Crippen LogP contribution is -2.04. The van der Waals surface area contributed by atoms with E-state index in [1.54, 1.807) is 45.4 Å². The minimum absolute atomic E-state index is 0.183. The number of carboxylic acid groups (broad SMARTS) is 1. The summed E-state index contributed by atoms with van der Waals surface area (Å²) in [4.78, 5) is 15.2. The molecule has 21 heavy (non-hydrogen) atoms. The number of nitrogens with zero attached hydrogens (tertiary/aromatic N) is 1. The zero-order chi connectivity index (χ0) is 15.4. The van der Waals surface area contributed by atoms with Gasteiger partial charge in [-0.1, -0.05) is 0 Å². The molecule has 0 spiro atoms. The van der Waals surface area contributed by atoms with Crippen LogP contribution in [0.3, 0.4) is 0 Å². The molecule has 1 heterocycles. The van der Waals surface area contributed by atoms with Crippen molar-refractivity contribution in [2.75, 3.05) is 19.5 Å². The van der Waals surface area contributed by atoms with E-state index in [9.17, 15) is 4.79 Å². The lowest BCUT2D eigenvalue weighted by Gasteiger charge is -2.12. The molecule has 6 heteroatoms. The van der Waals surface area contributed by atoms with Crippen LogP contribution in [0.15, 0.2) is 30.3 Å². The van der Waals surface area contributed by atoms with Gasteiger partial charge >= 0.3 is 5.97 Å². The van der Waals surface area contributed by atoms with Gasteiger partial charge in [0, 0.05) is 6.07 Å². The van der Waals surface area contributed by atoms with Crippen LogP contribution in [0.25, 0.3) is 0 Å². The molecule has 2 aromatic rings. The number of pyridine rings is 1. The molecule has 6 nitrogen and oxygen atoms in total. The quantitative estimate of drug-likeness (QED) is 0.880. The molecule has 0 saturated carbocycles. The van der Waals surface area contributed by atoms with E-state index in [0.717, 1.165) is 0 Å². The Morgan fingerprint density at radius 3 is 2.52 bits per heavy atom. The second-order valence-corrected chi connectivity index (χ2v) is 4.33. The van der Waals surface area contributed by atoms with E-state index in [4.69, 9.17) is 14.6 Å². The van der Waals surface area contributed by atoms with Crippen molar-refractivity contribution in [2.24, 2.45) is 0 Å². The van der Waals surface area contributed by atoms with Crippen molar-refractivity contribution in [2.45, 2.75) is 6.92 Å². The molecule has 0 amide bonds. The fourth-order valence-corrected chi connectivity index (χ4v) is 1.90. The van der Waals surface area contributed by atoms with E-state index >= 15 is 0 Å². The average Bonchev–Trinajstić information content (AvgIpc) is 2.47. The first-order chi connectivity index (χ1) is 10.0. The first-order valence-electron chi connectivity index (χ1n) is 6.25. The summed E-state index contributed by atoms with van der Waals surface area (Å²) in [6.45, 7) is 1.65. The highest BCUT2D eigenvalue weighted by Crippen LogP contribution is 2.31. The Morgan fingerprint density at radius 1 is 1.19 bits per heavy atom. The van der Waals surface area contributed by atoms with Crippen LogP contribution in [0.1, 0.15) is 16.1 Å². The highest BCUT2D eigenvalue weighted by Gasteiger charge is 2.10. The summed E-state index contributed by atoms with van der Waals surface area (Å²) in [6, 6.07) is 8.48. The maximum atomic E-state index is 11.0. The predicted molar refractivity (Wildman–Crippen MR) is 78.8 cm³/mol. The van der Waals surface area contributed by atoms with Crippen molar-refractivity contribution in [3.8, 4) is 11.5 Å². The van der Waals surface area contributed by atoms with E-state index < -0.39 is 5.97 Å². The smallest absolute Gasteiger partial charge is 0.337 e. The van der Waals surface area contributed by atoms with Gasteiger partial charge in [-0.15, -0.1) is 0 Å². The Hall–Kier alpha value is -2.76. The SMILES string of the molecule is COc1ccc(Nc2ccc(C(=O)O)c(C)n2)c(OC)c1. The van der Waals surface area contributed by atoms with Gasteiger partial charge in [0.25, 0.3) is 0 Å². The van der Waals surface area contributed by atoms with Crippen molar-refractivity contribution >= 4 is 17.5 Å². The van der Waals surface area contributed by atoms with Crippen LogP contribution in [0.2, 0.25) is 0 Å². The number of rotatable bonds is 5. The molecule has 0 atom stereocenters. The predicted octanol–water partition coefficient (Wildman–Crippen LogP) is 2.85. The molecule has 0 aliphatic carbocycles. The number of ether oxygens (including phenoxy) is 2. The molecular weight excluding hydrogens is 272 g/mol. The minimum atomic E-state index is -0.992. The van der Waals surface area contributed by atoms with Crippen molar-refractivity contribution < 1.29 is 19.4 Å². The molecule has 0 aliphatic rings. The number of methoxy groups -OCH3 is 2. The number of benzene rings is 1. The largest absolute Gasteiger partial charge is 0.497 e. The number of hydrogen-bond donors (Lipinski definition) is 2. The molecule has 110 valence electrons. The second-order valence-electron chi connectivity index (χ2n) is 4.33. The summed E-state index contributed by atoms with van der Waals surface area (Å²) in [5.74, 6) is 0.841. The number of carboxylic acids is 1. The first-order valence-corrected chi connectivity index (χ1v) is 6.25. The first kappa shape index (κ1) is 14.6. The monoisotopic (exact) mass is 288 g/mol. The molecule has 0 radical (unpaired) electrons. The third-order valence-electron chi connectivity index (χ3n) is 2.99. The fraction of sp³-hybridized carbons (Fsp3) is 0.200. The van der Waals surface area contributed by atoms with Gasteiger partial charge in [-0.25, -0.2) is 9.78 Å². The van der Waals surface area contributed by atoms with Gasteiger partial charge in [-0.2, -0.15) is 0 Å². The van der Waals surface area contributed by atoms with E-state index in [2.05, 4.69) is 10.3 Å². The Balaban J connectivity index is 2.30. The van der Waals surface area contributed by atoms with Crippen LogP contribution < -0.4 is 14.8 Å². The number of hydrogen-bond acceptors (Lipinski definition) is 5. The second kappa shape index (κ2) is 6.13. The summed E-state index contributed by atoms with van der Waals surface area (Å²) in [5, 5.41) is 12.1. The molecule has 0 aliphatic heterocycles. The van der Waals surface area contributed by atoms with Crippen LogP contribution in [0, 0.1) is 6.92 Å². The fourth-order valence-electron chi connectivity index (χ4n) is 1.90. The van der Waals surface area contributed by atoms with Crippen molar-refractivity contribution in [3.63, 3.8) is 0 Å². The van der Waals surface area contributed by atoms with Crippen LogP contribution in [0.4, 0.5) is 11.5 Å². The van der Waals surface area contributed by atoms with Crippen LogP contribution >= 0.6 is 0 Å². The summed E-state index contributed by atoms with van der Waals surface area (Å²) >= 11 is 0. The Kier molecular flexibility index (Phi) is 4.27. The Labute approximate surface area is 122 Å². The topological polar surface area (TPSA) is 80.7 Å². The highest BCUT2D eigenvalue weighted by molar-refractivity contribution is 5.89. The molecule has 1 aromatic heterocycles. The minimum Gasteiger partial charge on any atom is -0.497 e. The van der Waals surface area contributed by atoms with Crippen LogP contribution in [-0.4, -0.2) is 30.3 Å². The molecule has 0 fully saturated rings. The maximum Gasteiger partial charge on any atom is 0.337 e. The number of carbonyl (C=O) groups is 1. The Bertz CT molecular complexity index is 671. The molecule has 2 N–H and O–H groups in total. The van der Waals surface area contributed by atoms with Crippen molar-refractivity contribution in [1.29, 1.82) is 0 Å². The summed E-state index contributed by atoms with van der Waals surface area (Å²) in [5.41, 5.74) is 1.34. The van der Waals surface area contributed by atoms with Crippen LogP contribution in [-0.2, 0) is 0 Å². The number of anilines is 2.